The van der Waals surface area contributed by atoms with Crippen molar-refractivity contribution in [3.05, 3.63) is 7.05 Å². The van der Waals surface area contributed by atoms with E-state index in [0.29, 0.717) is 0 Å². The fourth-order valence-corrected chi connectivity index (χ4v) is 0.327. The van der Waals surface area contributed by atoms with Crippen LogP contribution >= 0.6 is 0 Å². The molecule has 43 valence electrons. The first-order valence-corrected chi connectivity index (χ1v) is 3.86. The SMILES string of the molecule is [CH2-]N(CF)[C](=O)[PbH].[Pa]. The van der Waals surface area contributed by atoms with Crippen molar-refractivity contribution in [2.75, 3.05) is 6.80 Å². The van der Waals surface area contributed by atoms with Crippen molar-refractivity contribution >= 4 is 29.2 Å². The standard InChI is InChI=1S/C3H4FNO.Pa.Pb.H/c1-5(2-4)3-6;;;/h1-2H2;;;/q-1;;;. The van der Waals surface area contributed by atoms with Crippen LogP contribution in [0.1, 0.15) is 0 Å². The zero-order valence-electron chi connectivity index (χ0n) is 4.30. The summed E-state index contributed by atoms with van der Waals surface area (Å²) in [5.41, 5.74) is 0. The second-order valence-electron chi connectivity index (χ2n) is 0.998. The van der Waals surface area contributed by atoms with Gasteiger partial charge in [-0.05, 0) is 0 Å². The Bertz CT molecular complexity index is 81.7. The van der Waals surface area contributed by atoms with Gasteiger partial charge in [0.2, 0.25) is 0 Å². The number of alkyl halides is 1. The summed E-state index contributed by atoms with van der Waals surface area (Å²) < 4.78 is 11.1. The topological polar surface area (TPSA) is 20.3 Å². The van der Waals surface area contributed by atoms with Crippen LogP contribution in [0.25, 0.3) is 0 Å². The minimum Gasteiger partial charge on any atom is 0 e. The third-order valence-corrected chi connectivity index (χ3v) is 1.88. The van der Waals surface area contributed by atoms with Crippen molar-refractivity contribution in [1.82, 2.24) is 4.90 Å². The Morgan fingerprint density at radius 1 is 1.88 bits per heavy atom. The number of rotatable bonds is 1. The minimum absolute atomic E-state index is 0. The van der Waals surface area contributed by atoms with E-state index in [1.807, 2.05) is 0 Å². The normalized spacial score (nSPS) is 7.38. The van der Waals surface area contributed by atoms with Crippen LogP contribution in [-0.2, 0) is 0 Å². The van der Waals surface area contributed by atoms with Crippen molar-refractivity contribution in [2.45, 2.75) is 0 Å². The van der Waals surface area contributed by atoms with Crippen LogP contribution in [0.2, 0.25) is 0 Å². The van der Waals surface area contributed by atoms with Gasteiger partial charge in [-0.3, -0.25) is 0 Å². The number of carbonyl (C=O) groups excluding carboxylic acids is 1. The van der Waals surface area contributed by atoms with Crippen molar-refractivity contribution in [1.29, 1.82) is 0 Å². The number of hydrogen-bond donors (Lipinski definition) is 0. The van der Waals surface area contributed by atoms with Crippen LogP contribution in [0.15, 0.2) is 0 Å². The Morgan fingerprint density at radius 2 is 2.25 bits per heavy atom. The third kappa shape index (κ3) is 5.55. The molecule has 0 saturated carbocycles. The van der Waals surface area contributed by atoms with E-state index in [9.17, 15) is 9.18 Å². The maximum atomic E-state index is 11.3. The van der Waals surface area contributed by atoms with Crippen molar-refractivity contribution < 1.29 is 41.5 Å². The van der Waals surface area contributed by atoms with E-state index in [0.717, 1.165) is 4.90 Å². The van der Waals surface area contributed by atoms with Gasteiger partial charge in [0.15, 0.2) is 0 Å². The average molecular weight is 528 g/mol. The third-order valence-electron chi connectivity index (χ3n) is 0.456. The van der Waals surface area contributed by atoms with Crippen molar-refractivity contribution in [3.8, 4) is 0 Å². The van der Waals surface area contributed by atoms with E-state index >= 15 is 0 Å². The molecule has 0 aliphatic rings. The summed E-state index contributed by atoms with van der Waals surface area (Å²) in [4.78, 5) is 10.9. The molecule has 0 bridgehead atoms. The van der Waals surface area contributed by atoms with Gasteiger partial charge in [0, 0.05) is 32.3 Å². The molecule has 0 aliphatic heterocycles. The van der Waals surface area contributed by atoms with Gasteiger partial charge in [0.1, 0.15) is 0 Å². The van der Waals surface area contributed by atoms with Crippen LogP contribution < -0.4 is 0 Å². The van der Waals surface area contributed by atoms with Crippen LogP contribution in [0.5, 0.6) is 0 Å². The summed E-state index contributed by atoms with van der Waals surface area (Å²) >= 11 is 0.165. The fraction of sp³-hybridized carbons (Fsp3) is 0.333. The van der Waals surface area contributed by atoms with E-state index in [4.69, 9.17) is 0 Å². The average Bonchev–Trinajstić information content (AvgIpc) is 1.65. The predicted octanol–water partition coefficient (Wildman–Crippen LogP) is 0.0278. The molecule has 2 nitrogen and oxygen atoms in total. The molecular weight excluding hydrogens is 523 g/mol. The Labute approximate surface area is 88.4 Å². The zero-order chi connectivity index (χ0) is 5.86. The molecule has 0 aromatic carbocycles. The van der Waals surface area contributed by atoms with Gasteiger partial charge < -0.3 is 0 Å². The Kier molecular flexibility index (Phi) is 9.90. The second-order valence-corrected chi connectivity index (χ2v) is 2.92. The second kappa shape index (κ2) is 6.53. The monoisotopic (exact) mass is 529 g/mol. The van der Waals surface area contributed by atoms with Crippen LogP contribution in [0.4, 0.5) is 9.18 Å². The first-order valence-electron chi connectivity index (χ1n) is 1.62. The molecule has 3 radical (unpaired) electrons. The molecule has 0 atom stereocenters. The predicted molar refractivity (Wildman–Crippen MR) is 25.7 cm³/mol. The summed E-state index contributed by atoms with van der Waals surface area (Å²) in [6.45, 7) is -0.769. The van der Waals surface area contributed by atoms with Crippen molar-refractivity contribution in [2.24, 2.45) is 0 Å². The molecule has 0 aliphatic carbocycles. The Balaban J connectivity index is 0. The van der Waals surface area contributed by atoms with E-state index in [1.165, 1.54) is 0 Å². The van der Waals surface area contributed by atoms with Crippen LogP contribution in [0.3, 0.4) is 0 Å². The molecule has 0 aromatic rings. The minimum atomic E-state index is -0.769. The number of nitrogens with zero attached hydrogens (tertiary/aromatic N) is 1. The molecular formula is C3H5FNOPaPb-. The van der Waals surface area contributed by atoms with Crippen molar-refractivity contribution in [3.63, 3.8) is 0 Å². The van der Waals surface area contributed by atoms with Gasteiger partial charge in [0.25, 0.3) is 0 Å². The fourth-order valence-electron chi connectivity index (χ4n) is 0.0589. The maximum absolute atomic E-state index is 11.3. The summed E-state index contributed by atoms with van der Waals surface area (Å²) in [7, 11) is 3.11. The first kappa shape index (κ1) is 12.1. The largest absolute Gasteiger partial charge is 0 e. The summed E-state index contributed by atoms with van der Waals surface area (Å²) in [5.74, 6) is 0. The molecule has 0 fully saturated rings. The van der Waals surface area contributed by atoms with Crippen LogP contribution in [0, 0.1) is 39.4 Å². The van der Waals surface area contributed by atoms with Gasteiger partial charge in [-0.15, -0.1) is 0 Å². The molecule has 1 amide bonds. The van der Waals surface area contributed by atoms with Gasteiger partial charge in [-0.2, -0.15) is 0 Å². The molecule has 5 heteroatoms. The van der Waals surface area contributed by atoms with E-state index in [-0.39, 0.29) is 61.5 Å². The zero-order valence-corrected chi connectivity index (χ0v) is 13.6. The van der Waals surface area contributed by atoms with Gasteiger partial charge in [0.05, 0.1) is 0 Å². The Hall–Kier alpha value is 1.41. The number of carbonyl (C=O) groups is 1. The maximum Gasteiger partial charge on any atom is 0 e. The first-order chi connectivity index (χ1) is 3.18. The number of hydrogen-bond acceptors (Lipinski definition) is 1. The molecule has 0 rings (SSSR count). The van der Waals surface area contributed by atoms with E-state index in [1.54, 1.807) is 0 Å². The molecule has 8 heavy (non-hydrogen) atoms. The van der Waals surface area contributed by atoms with E-state index in [2.05, 4.69) is 7.05 Å². The van der Waals surface area contributed by atoms with Crippen LogP contribution in [-0.4, -0.2) is 40.9 Å². The van der Waals surface area contributed by atoms with Gasteiger partial charge in [-0.25, -0.2) is 0 Å². The Morgan fingerprint density at radius 3 is 2.25 bits per heavy atom. The number of halogens is 1. The summed E-state index contributed by atoms with van der Waals surface area (Å²) in [6, 6.07) is 0. The molecule has 0 unspecified atom stereocenters. The molecule has 0 aromatic heterocycles. The molecule has 0 N–H and O–H groups in total. The summed E-state index contributed by atoms with van der Waals surface area (Å²) in [6.07, 6.45) is 0. The summed E-state index contributed by atoms with van der Waals surface area (Å²) in [5, 5.41) is 0. The van der Waals surface area contributed by atoms with E-state index < -0.39 is 6.80 Å². The molecule has 0 spiro atoms. The molecule has 0 saturated heterocycles. The molecule has 0 heterocycles. The smallest absolute Gasteiger partial charge is 0 e. The van der Waals surface area contributed by atoms with Gasteiger partial charge in [-0.1, -0.05) is 0 Å². The van der Waals surface area contributed by atoms with Gasteiger partial charge >= 0.3 is 57.2 Å². The number of amides is 1. The quantitative estimate of drug-likeness (QED) is 0.268.